The molecule has 162 valence electrons. The van der Waals surface area contributed by atoms with E-state index in [1.54, 1.807) is 12.1 Å². The zero-order valence-corrected chi connectivity index (χ0v) is 18.5. The lowest BCUT2D eigenvalue weighted by atomic mass is 10.3. The molecule has 0 aromatic heterocycles. The van der Waals surface area contributed by atoms with Gasteiger partial charge in [0.15, 0.2) is 0 Å². The van der Waals surface area contributed by atoms with E-state index < -0.39 is 10.0 Å². The molecule has 1 amide bonds. The number of rotatable bonds is 9. The van der Waals surface area contributed by atoms with Gasteiger partial charge >= 0.3 is 0 Å². The summed E-state index contributed by atoms with van der Waals surface area (Å²) >= 11 is 1.50. The van der Waals surface area contributed by atoms with Crippen LogP contribution in [0, 0.1) is 0 Å². The number of sulfonamides is 1. The van der Waals surface area contributed by atoms with Crippen LogP contribution >= 0.6 is 11.8 Å². The van der Waals surface area contributed by atoms with Crippen LogP contribution in [-0.4, -0.2) is 63.3 Å². The average Bonchev–Trinajstić information content (AvgIpc) is 2.78. The molecule has 1 aliphatic heterocycles. The van der Waals surface area contributed by atoms with E-state index in [4.69, 9.17) is 9.47 Å². The third kappa shape index (κ3) is 6.21. The van der Waals surface area contributed by atoms with Gasteiger partial charge in [-0.3, -0.25) is 4.79 Å². The minimum absolute atomic E-state index is 0.0561. The number of carbonyl (C=O) groups excluding carboxylic acids is 1. The summed E-state index contributed by atoms with van der Waals surface area (Å²) in [6.45, 7) is 4.07. The van der Waals surface area contributed by atoms with Gasteiger partial charge in [-0.05, 0) is 43.3 Å². The zero-order valence-electron chi connectivity index (χ0n) is 16.8. The summed E-state index contributed by atoms with van der Waals surface area (Å²) in [5, 5.41) is 2.64. The lowest BCUT2D eigenvalue weighted by Crippen LogP contribution is -2.40. The van der Waals surface area contributed by atoms with Gasteiger partial charge < -0.3 is 14.8 Å². The van der Waals surface area contributed by atoms with Crippen molar-refractivity contribution in [2.24, 2.45) is 0 Å². The van der Waals surface area contributed by atoms with Gasteiger partial charge in [0.2, 0.25) is 15.9 Å². The Balaban J connectivity index is 1.42. The second-order valence-electron chi connectivity index (χ2n) is 6.70. The van der Waals surface area contributed by atoms with Crippen LogP contribution < -0.4 is 10.1 Å². The molecule has 1 aliphatic rings. The first-order chi connectivity index (χ1) is 14.5. The summed E-state index contributed by atoms with van der Waals surface area (Å²) in [5.74, 6) is 0.497. The standard InChI is InChI=1S/C21H26N2O5S2/c1-17(29-19-5-3-2-4-6-19)21(24)22-11-14-28-18-7-9-20(10-8-18)30(25,26)23-12-15-27-16-13-23/h2-10,17H,11-16H2,1H3,(H,22,24)/t17-/m0/s1. The molecule has 0 unspecified atom stereocenters. The van der Waals surface area contributed by atoms with Gasteiger partial charge in [0.25, 0.3) is 0 Å². The lowest BCUT2D eigenvalue weighted by molar-refractivity contribution is -0.120. The van der Waals surface area contributed by atoms with E-state index >= 15 is 0 Å². The number of benzene rings is 2. The fraction of sp³-hybridized carbons (Fsp3) is 0.381. The fourth-order valence-electron chi connectivity index (χ4n) is 2.89. The van der Waals surface area contributed by atoms with E-state index in [0.717, 1.165) is 4.90 Å². The van der Waals surface area contributed by atoms with Crippen LogP contribution in [0.25, 0.3) is 0 Å². The van der Waals surface area contributed by atoms with Crippen LogP contribution in [0.4, 0.5) is 0 Å². The number of hydrogen-bond acceptors (Lipinski definition) is 6. The summed E-state index contributed by atoms with van der Waals surface area (Å²) in [6.07, 6.45) is 0. The van der Waals surface area contributed by atoms with Crippen molar-refractivity contribution in [2.75, 3.05) is 39.5 Å². The number of amides is 1. The van der Waals surface area contributed by atoms with E-state index in [9.17, 15) is 13.2 Å². The van der Waals surface area contributed by atoms with Crippen molar-refractivity contribution in [1.29, 1.82) is 0 Å². The Morgan fingerprint density at radius 3 is 2.47 bits per heavy atom. The minimum Gasteiger partial charge on any atom is -0.492 e. The molecule has 1 saturated heterocycles. The molecule has 0 bridgehead atoms. The Morgan fingerprint density at radius 2 is 1.80 bits per heavy atom. The SMILES string of the molecule is C[C@H](Sc1ccccc1)C(=O)NCCOc1ccc(S(=O)(=O)N2CCOCC2)cc1. The molecule has 9 heteroatoms. The maximum atomic E-state index is 12.6. The molecule has 0 aliphatic carbocycles. The minimum atomic E-state index is -3.51. The number of ether oxygens (including phenoxy) is 2. The molecular formula is C21H26N2O5S2. The van der Waals surface area contributed by atoms with Crippen LogP contribution in [0.5, 0.6) is 5.75 Å². The Bertz CT molecular complexity index is 914. The summed E-state index contributed by atoms with van der Waals surface area (Å²) in [5.41, 5.74) is 0. The highest BCUT2D eigenvalue weighted by Crippen LogP contribution is 2.23. The van der Waals surface area contributed by atoms with E-state index in [1.165, 1.54) is 28.2 Å². The first-order valence-electron chi connectivity index (χ1n) is 9.77. The Kier molecular flexibility index (Phi) is 8.15. The second kappa shape index (κ2) is 10.8. The lowest BCUT2D eigenvalue weighted by Gasteiger charge is -2.26. The molecule has 1 heterocycles. The van der Waals surface area contributed by atoms with Crippen molar-refractivity contribution in [3.63, 3.8) is 0 Å². The predicted octanol–water partition coefficient (Wildman–Crippen LogP) is 2.38. The first-order valence-corrected chi connectivity index (χ1v) is 12.1. The molecule has 0 radical (unpaired) electrons. The summed E-state index contributed by atoms with van der Waals surface area (Å²) in [7, 11) is -3.51. The molecule has 3 rings (SSSR count). The molecule has 1 N–H and O–H groups in total. The molecular weight excluding hydrogens is 424 g/mol. The molecule has 7 nitrogen and oxygen atoms in total. The van der Waals surface area contributed by atoms with Crippen molar-refractivity contribution in [1.82, 2.24) is 9.62 Å². The molecule has 1 atom stereocenters. The fourth-order valence-corrected chi connectivity index (χ4v) is 5.21. The molecule has 30 heavy (non-hydrogen) atoms. The van der Waals surface area contributed by atoms with Crippen molar-refractivity contribution in [3.8, 4) is 5.75 Å². The summed E-state index contributed by atoms with van der Waals surface area (Å²) in [4.78, 5) is 13.5. The quantitative estimate of drug-likeness (QED) is 0.466. The van der Waals surface area contributed by atoms with Crippen molar-refractivity contribution >= 4 is 27.7 Å². The van der Waals surface area contributed by atoms with Crippen LogP contribution in [0.15, 0.2) is 64.4 Å². The number of carbonyl (C=O) groups is 1. The smallest absolute Gasteiger partial charge is 0.243 e. The van der Waals surface area contributed by atoms with E-state index in [2.05, 4.69) is 5.32 Å². The van der Waals surface area contributed by atoms with Gasteiger partial charge in [-0.2, -0.15) is 4.31 Å². The Labute approximate surface area is 181 Å². The maximum absolute atomic E-state index is 12.6. The van der Waals surface area contributed by atoms with Crippen LogP contribution in [0.2, 0.25) is 0 Å². The van der Waals surface area contributed by atoms with Gasteiger partial charge in [-0.1, -0.05) is 18.2 Å². The number of morpholine rings is 1. The number of nitrogens with one attached hydrogen (secondary N) is 1. The zero-order chi connectivity index (χ0) is 21.4. The number of hydrogen-bond donors (Lipinski definition) is 1. The highest BCUT2D eigenvalue weighted by molar-refractivity contribution is 8.00. The van der Waals surface area contributed by atoms with Crippen molar-refractivity contribution < 1.29 is 22.7 Å². The third-order valence-electron chi connectivity index (χ3n) is 4.53. The molecule has 0 spiro atoms. The van der Waals surface area contributed by atoms with Gasteiger partial charge in [-0.25, -0.2) is 8.42 Å². The number of thioether (sulfide) groups is 1. The molecule has 1 fully saturated rings. The van der Waals surface area contributed by atoms with Gasteiger partial charge in [0.1, 0.15) is 12.4 Å². The van der Waals surface area contributed by atoms with Gasteiger partial charge in [0.05, 0.1) is 29.9 Å². The first kappa shape index (κ1) is 22.6. The Morgan fingerprint density at radius 1 is 1.13 bits per heavy atom. The highest BCUT2D eigenvalue weighted by atomic mass is 32.2. The van der Waals surface area contributed by atoms with E-state index in [-0.39, 0.29) is 16.1 Å². The Hall–Kier alpha value is -2.07. The van der Waals surface area contributed by atoms with Crippen molar-refractivity contribution in [2.45, 2.75) is 22.0 Å². The third-order valence-corrected chi connectivity index (χ3v) is 7.55. The van der Waals surface area contributed by atoms with Crippen LogP contribution in [-0.2, 0) is 19.6 Å². The maximum Gasteiger partial charge on any atom is 0.243 e. The topological polar surface area (TPSA) is 84.9 Å². The monoisotopic (exact) mass is 450 g/mol. The second-order valence-corrected chi connectivity index (χ2v) is 10.1. The summed E-state index contributed by atoms with van der Waals surface area (Å²) in [6, 6.07) is 16.1. The largest absolute Gasteiger partial charge is 0.492 e. The normalized spacial score (nSPS) is 16.0. The van der Waals surface area contributed by atoms with Crippen molar-refractivity contribution in [3.05, 3.63) is 54.6 Å². The molecule has 0 saturated carbocycles. The van der Waals surface area contributed by atoms with E-state index in [1.807, 2.05) is 37.3 Å². The van der Waals surface area contributed by atoms with Gasteiger partial charge in [0, 0.05) is 18.0 Å². The number of nitrogens with zero attached hydrogens (tertiary/aromatic N) is 1. The van der Waals surface area contributed by atoms with Crippen LogP contribution in [0.1, 0.15) is 6.92 Å². The predicted molar refractivity (Wildman–Crippen MR) is 116 cm³/mol. The van der Waals surface area contributed by atoms with Crippen LogP contribution in [0.3, 0.4) is 0 Å². The van der Waals surface area contributed by atoms with Gasteiger partial charge in [-0.15, -0.1) is 11.8 Å². The molecule has 2 aromatic carbocycles. The molecule has 2 aromatic rings. The highest BCUT2D eigenvalue weighted by Gasteiger charge is 2.26. The summed E-state index contributed by atoms with van der Waals surface area (Å²) < 4.78 is 37.5. The van der Waals surface area contributed by atoms with E-state index in [0.29, 0.717) is 45.2 Å². The average molecular weight is 451 g/mol.